The van der Waals surface area contributed by atoms with Crippen molar-refractivity contribution in [2.24, 2.45) is 7.05 Å². The Morgan fingerprint density at radius 2 is 2.13 bits per heavy atom. The lowest BCUT2D eigenvalue weighted by molar-refractivity contribution is 0.0534. The van der Waals surface area contributed by atoms with E-state index in [0.717, 1.165) is 28.7 Å². The van der Waals surface area contributed by atoms with Gasteiger partial charge in [0.2, 0.25) is 0 Å². The molecule has 0 saturated carbocycles. The van der Waals surface area contributed by atoms with E-state index in [0.29, 0.717) is 37.5 Å². The molecule has 0 unspecified atom stereocenters. The third-order valence-corrected chi connectivity index (χ3v) is 6.84. The van der Waals surface area contributed by atoms with Crippen LogP contribution in [-0.2, 0) is 28.4 Å². The van der Waals surface area contributed by atoms with Crippen LogP contribution in [-0.4, -0.2) is 45.7 Å². The summed E-state index contributed by atoms with van der Waals surface area (Å²) in [5.74, 6) is 1.21. The number of nitrogens with two attached hydrogens (primary N) is 1. The Hall–Kier alpha value is -3.02. The van der Waals surface area contributed by atoms with Crippen molar-refractivity contribution < 1.29 is 13.2 Å². The van der Waals surface area contributed by atoms with E-state index in [1.54, 1.807) is 11.6 Å². The molecule has 0 aliphatic carbocycles. The van der Waals surface area contributed by atoms with E-state index in [2.05, 4.69) is 19.3 Å². The Kier molecular flexibility index (Phi) is 4.88. The number of nitrogen functional groups attached to an aromatic ring is 1. The first-order valence-electron chi connectivity index (χ1n) is 10.0. The van der Waals surface area contributed by atoms with Crippen LogP contribution in [0, 0.1) is 0 Å². The molecule has 5 rings (SSSR count). The number of fused-ring (bicyclic) bond motifs is 5. The fraction of sp³-hybridized carbons (Fsp3) is 0.350. The number of aromatic nitrogens is 5. The minimum absolute atomic E-state index is 0.0216. The predicted molar refractivity (Wildman–Crippen MR) is 116 cm³/mol. The molecule has 0 spiro atoms. The highest BCUT2D eigenvalue weighted by Gasteiger charge is 2.26. The monoisotopic (exact) mass is 441 g/mol. The molecule has 3 aromatic heterocycles. The summed E-state index contributed by atoms with van der Waals surface area (Å²) in [4.78, 5) is 13.1. The lowest BCUT2D eigenvalue weighted by Gasteiger charge is -2.26. The number of benzene rings is 1. The number of para-hydroxylation sites is 1. The standard InChI is InChI=1S/C20H23N7O3S/c1-26-9-17(22-12-26)31(28,29)23-8-4-5-13-10-30-11-16-25-18-19(27(13)16)14-6-2-3-7-15(14)24-20(18)21/h2-3,6-7,9,12-13,23H,4-5,8,10-11H2,1H3,(H2,21,24)/t13-/m0/s1. The molecule has 31 heavy (non-hydrogen) atoms. The van der Waals surface area contributed by atoms with Gasteiger partial charge in [-0.1, -0.05) is 18.2 Å². The van der Waals surface area contributed by atoms with Gasteiger partial charge in [-0.05, 0) is 18.9 Å². The molecular formula is C20H23N7O3S. The summed E-state index contributed by atoms with van der Waals surface area (Å²) in [6.45, 7) is 1.25. The maximum Gasteiger partial charge on any atom is 0.259 e. The first kappa shape index (κ1) is 19.9. The highest BCUT2D eigenvalue weighted by molar-refractivity contribution is 7.89. The van der Waals surface area contributed by atoms with Crippen LogP contribution >= 0.6 is 0 Å². The average molecular weight is 442 g/mol. The third kappa shape index (κ3) is 3.54. The molecule has 0 radical (unpaired) electrons. The maximum atomic E-state index is 12.4. The quantitative estimate of drug-likeness (QED) is 0.436. The SMILES string of the molecule is Cn1cnc(S(=O)(=O)NCCC[C@H]2COCc3nc4c(N)nc5ccccc5c4n32)c1. The number of nitrogens with one attached hydrogen (secondary N) is 1. The van der Waals surface area contributed by atoms with Crippen LogP contribution in [0.25, 0.3) is 21.9 Å². The summed E-state index contributed by atoms with van der Waals surface area (Å²) in [6, 6.07) is 7.89. The molecule has 0 amide bonds. The largest absolute Gasteiger partial charge is 0.382 e. The molecular weight excluding hydrogens is 418 g/mol. The molecule has 1 aliphatic heterocycles. The first-order chi connectivity index (χ1) is 14.9. The summed E-state index contributed by atoms with van der Waals surface area (Å²) in [5.41, 5.74) is 8.66. The van der Waals surface area contributed by atoms with Gasteiger partial charge < -0.3 is 19.6 Å². The number of anilines is 1. The van der Waals surface area contributed by atoms with E-state index in [9.17, 15) is 8.42 Å². The Morgan fingerprint density at radius 3 is 2.94 bits per heavy atom. The Balaban J connectivity index is 1.38. The zero-order valence-electron chi connectivity index (χ0n) is 17.0. The van der Waals surface area contributed by atoms with Crippen molar-refractivity contribution in [1.29, 1.82) is 0 Å². The number of sulfonamides is 1. The summed E-state index contributed by atoms with van der Waals surface area (Å²) in [5, 5.41) is 1.02. The number of imidazole rings is 2. The van der Waals surface area contributed by atoms with Crippen molar-refractivity contribution in [3.63, 3.8) is 0 Å². The van der Waals surface area contributed by atoms with Crippen molar-refractivity contribution in [2.75, 3.05) is 18.9 Å². The van der Waals surface area contributed by atoms with E-state index in [4.69, 9.17) is 15.5 Å². The first-order valence-corrected chi connectivity index (χ1v) is 11.5. The minimum atomic E-state index is -3.62. The van der Waals surface area contributed by atoms with Gasteiger partial charge in [-0.2, -0.15) is 0 Å². The fourth-order valence-corrected chi connectivity index (χ4v) is 5.14. The lowest BCUT2D eigenvalue weighted by atomic mass is 10.1. The molecule has 4 aromatic rings. The van der Waals surface area contributed by atoms with Gasteiger partial charge >= 0.3 is 0 Å². The van der Waals surface area contributed by atoms with E-state index in [-0.39, 0.29) is 11.1 Å². The smallest absolute Gasteiger partial charge is 0.259 e. The number of hydrogen-bond acceptors (Lipinski definition) is 7. The zero-order valence-corrected chi connectivity index (χ0v) is 17.8. The van der Waals surface area contributed by atoms with Gasteiger partial charge in [-0.3, -0.25) is 0 Å². The molecule has 10 nitrogen and oxygen atoms in total. The Morgan fingerprint density at radius 1 is 1.29 bits per heavy atom. The number of hydrogen-bond donors (Lipinski definition) is 2. The van der Waals surface area contributed by atoms with Crippen LogP contribution < -0.4 is 10.5 Å². The highest BCUT2D eigenvalue weighted by atomic mass is 32.2. The van der Waals surface area contributed by atoms with Gasteiger partial charge in [0.15, 0.2) is 10.8 Å². The number of rotatable bonds is 6. The normalized spacial score (nSPS) is 16.7. The summed E-state index contributed by atoms with van der Waals surface area (Å²) < 4.78 is 36.9. The van der Waals surface area contributed by atoms with E-state index < -0.39 is 10.0 Å². The Bertz CT molecular complexity index is 1380. The van der Waals surface area contributed by atoms with E-state index in [1.807, 2.05) is 24.3 Å². The number of ether oxygens (including phenoxy) is 1. The van der Waals surface area contributed by atoms with Crippen LogP contribution in [0.1, 0.15) is 24.7 Å². The number of pyridine rings is 1. The molecule has 11 heteroatoms. The van der Waals surface area contributed by atoms with E-state index in [1.165, 1.54) is 12.5 Å². The van der Waals surface area contributed by atoms with Crippen LogP contribution in [0.15, 0.2) is 41.8 Å². The van der Waals surface area contributed by atoms with Crippen LogP contribution in [0.5, 0.6) is 0 Å². The van der Waals surface area contributed by atoms with Gasteiger partial charge in [0.1, 0.15) is 17.9 Å². The zero-order chi connectivity index (χ0) is 21.6. The molecule has 162 valence electrons. The van der Waals surface area contributed by atoms with Gasteiger partial charge in [0.05, 0.1) is 30.0 Å². The second kappa shape index (κ2) is 7.59. The predicted octanol–water partition coefficient (Wildman–Crippen LogP) is 1.73. The average Bonchev–Trinajstić information content (AvgIpc) is 3.36. The lowest BCUT2D eigenvalue weighted by Crippen LogP contribution is -2.28. The van der Waals surface area contributed by atoms with Gasteiger partial charge in [-0.15, -0.1) is 0 Å². The number of aryl methyl sites for hydroxylation is 1. The van der Waals surface area contributed by atoms with Crippen molar-refractivity contribution in [3.8, 4) is 0 Å². The highest BCUT2D eigenvalue weighted by Crippen LogP contribution is 2.34. The van der Waals surface area contributed by atoms with Gasteiger partial charge in [0.25, 0.3) is 10.0 Å². The second-order valence-corrected chi connectivity index (χ2v) is 9.41. The number of nitrogens with zero attached hydrogens (tertiary/aromatic N) is 5. The maximum absolute atomic E-state index is 12.4. The molecule has 0 fully saturated rings. The molecule has 3 N–H and O–H groups in total. The van der Waals surface area contributed by atoms with Crippen molar-refractivity contribution in [2.45, 2.75) is 30.5 Å². The van der Waals surface area contributed by atoms with Gasteiger partial charge in [0, 0.05) is 25.2 Å². The molecule has 1 aliphatic rings. The molecule has 0 bridgehead atoms. The van der Waals surface area contributed by atoms with Crippen LogP contribution in [0.3, 0.4) is 0 Å². The minimum Gasteiger partial charge on any atom is -0.382 e. The van der Waals surface area contributed by atoms with Crippen molar-refractivity contribution >= 4 is 37.8 Å². The second-order valence-electron chi connectivity index (χ2n) is 7.70. The van der Waals surface area contributed by atoms with Crippen LogP contribution in [0.4, 0.5) is 5.82 Å². The van der Waals surface area contributed by atoms with Crippen LogP contribution in [0.2, 0.25) is 0 Å². The summed E-state index contributed by atoms with van der Waals surface area (Å²) in [7, 11) is -1.89. The molecule has 1 aromatic carbocycles. The summed E-state index contributed by atoms with van der Waals surface area (Å²) >= 11 is 0. The summed E-state index contributed by atoms with van der Waals surface area (Å²) in [6.07, 6.45) is 4.30. The van der Waals surface area contributed by atoms with Gasteiger partial charge in [-0.25, -0.2) is 28.1 Å². The molecule has 4 heterocycles. The topological polar surface area (TPSA) is 130 Å². The van der Waals surface area contributed by atoms with E-state index >= 15 is 0 Å². The molecule has 1 atom stereocenters. The van der Waals surface area contributed by atoms with Crippen molar-refractivity contribution in [3.05, 3.63) is 42.6 Å². The Labute approximate surface area is 179 Å². The van der Waals surface area contributed by atoms with Crippen molar-refractivity contribution in [1.82, 2.24) is 28.8 Å². The fourth-order valence-electron chi connectivity index (χ4n) is 4.08. The third-order valence-electron chi connectivity index (χ3n) is 5.50. The molecule has 0 saturated heterocycles.